The van der Waals surface area contributed by atoms with Gasteiger partial charge in [0.05, 0.1) is 23.2 Å². The van der Waals surface area contributed by atoms with Gasteiger partial charge in [0.2, 0.25) is 5.91 Å². The van der Waals surface area contributed by atoms with Gasteiger partial charge >= 0.3 is 0 Å². The van der Waals surface area contributed by atoms with Gasteiger partial charge in [0.15, 0.2) is 0 Å². The molecule has 1 aliphatic heterocycles. The maximum absolute atomic E-state index is 13.2. The molecule has 0 saturated heterocycles. The third kappa shape index (κ3) is 3.44. The van der Waals surface area contributed by atoms with Crippen LogP contribution in [0.2, 0.25) is 5.02 Å². The van der Waals surface area contributed by atoms with Crippen LogP contribution in [0.3, 0.4) is 0 Å². The second kappa shape index (κ2) is 7.45. The van der Waals surface area contributed by atoms with Crippen molar-refractivity contribution in [2.24, 2.45) is 5.73 Å². The summed E-state index contributed by atoms with van der Waals surface area (Å²) in [5, 5.41) is 9.90. The van der Waals surface area contributed by atoms with Gasteiger partial charge in [-0.15, -0.1) is 0 Å². The van der Waals surface area contributed by atoms with E-state index < -0.39 is 5.91 Å². The molecule has 7 heteroatoms. The Labute approximate surface area is 156 Å². The molecule has 0 saturated carbocycles. The smallest absolute Gasteiger partial charge is 0.259 e. The summed E-state index contributed by atoms with van der Waals surface area (Å²) >= 11 is 6.24. The molecule has 1 heterocycles. The van der Waals surface area contributed by atoms with Crippen molar-refractivity contribution < 1.29 is 14.7 Å². The van der Waals surface area contributed by atoms with Crippen LogP contribution in [-0.4, -0.2) is 48.1 Å². The number of carbonyl (C=O) groups excluding carboxylic acids is 2. The molecule has 1 unspecified atom stereocenters. The van der Waals surface area contributed by atoms with Crippen molar-refractivity contribution in [1.82, 2.24) is 4.90 Å². The molecule has 2 aromatic carbocycles. The molecule has 2 aromatic rings. The van der Waals surface area contributed by atoms with Gasteiger partial charge in [0.1, 0.15) is 0 Å². The Morgan fingerprint density at radius 1 is 1.27 bits per heavy atom. The molecule has 0 radical (unpaired) electrons. The SMILES string of the molecule is CN1Cc2ccccc2N(C(=O)c2ccc(C(N)=O)cc2Cl)CC1CO. The van der Waals surface area contributed by atoms with E-state index in [0.717, 1.165) is 11.3 Å². The van der Waals surface area contributed by atoms with Gasteiger partial charge < -0.3 is 15.7 Å². The third-order valence-corrected chi connectivity index (χ3v) is 4.97. The van der Waals surface area contributed by atoms with Crippen molar-refractivity contribution in [3.8, 4) is 0 Å². The Bertz CT molecular complexity index is 856. The summed E-state index contributed by atoms with van der Waals surface area (Å²) < 4.78 is 0. The van der Waals surface area contributed by atoms with E-state index in [1.165, 1.54) is 18.2 Å². The molecule has 0 spiro atoms. The number of aliphatic hydroxyl groups is 1. The molecule has 0 bridgehead atoms. The van der Waals surface area contributed by atoms with Crippen LogP contribution in [0.15, 0.2) is 42.5 Å². The fraction of sp³-hybridized carbons (Fsp3) is 0.263. The molecule has 26 heavy (non-hydrogen) atoms. The highest BCUT2D eigenvalue weighted by Crippen LogP contribution is 2.29. The fourth-order valence-electron chi connectivity index (χ4n) is 3.13. The normalized spacial score (nSPS) is 17.5. The van der Waals surface area contributed by atoms with Crippen LogP contribution in [0.4, 0.5) is 5.69 Å². The van der Waals surface area contributed by atoms with Crippen molar-refractivity contribution in [1.29, 1.82) is 0 Å². The number of fused-ring (bicyclic) bond motifs is 1. The van der Waals surface area contributed by atoms with Crippen molar-refractivity contribution in [2.45, 2.75) is 12.6 Å². The number of rotatable bonds is 3. The summed E-state index contributed by atoms with van der Waals surface area (Å²) in [6, 6.07) is 11.8. The minimum atomic E-state index is -0.604. The zero-order chi connectivity index (χ0) is 18.8. The van der Waals surface area contributed by atoms with E-state index in [0.29, 0.717) is 13.1 Å². The topological polar surface area (TPSA) is 86.9 Å². The number of primary amides is 1. The zero-order valence-corrected chi connectivity index (χ0v) is 15.1. The van der Waals surface area contributed by atoms with E-state index in [4.69, 9.17) is 17.3 Å². The lowest BCUT2D eigenvalue weighted by Gasteiger charge is -2.28. The number of aliphatic hydroxyl groups excluding tert-OH is 1. The van der Waals surface area contributed by atoms with E-state index in [9.17, 15) is 14.7 Å². The molecule has 136 valence electrons. The number of nitrogens with zero attached hydrogens (tertiary/aromatic N) is 2. The molecular weight excluding hydrogens is 354 g/mol. The lowest BCUT2D eigenvalue weighted by atomic mass is 10.1. The van der Waals surface area contributed by atoms with Crippen LogP contribution in [0, 0.1) is 0 Å². The van der Waals surface area contributed by atoms with E-state index in [1.54, 1.807) is 4.90 Å². The van der Waals surface area contributed by atoms with E-state index in [-0.39, 0.29) is 34.7 Å². The summed E-state index contributed by atoms with van der Waals surface area (Å²) in [6.45, 7) is 0.888. The molecule has 3 rings (SSSR count). The number of hydrogen-bond donors (Lipinski definition) is 2. The number of carbonyl (C=O) groups is 2. The highest BCUT2D eigenvalue weighted by Gasteiger charge is 2.30. The minimum absolute atomic E-state index is 0.0669. The van der Waals surface area contributed by atoms with Crippen LogP contribution < -0.4 is 10.6 Å². The van der Waals surface area contributed by atoms with Gasteiger partial charge in [-0.1, -0.05) is 29.8 Å². The predicted molar refractivity (Wildman–Crippen MR) is 100 cm³/mol. The maximum Gasteiger partial charge on any atom is 0.259 e. The summed E-state index contributed by atoms with van der Waals surface area (Å²) in [6.07, 6.45) is 0. The van der Waals surface area contributed by atoms with Crippen LogP contribution in [0.1, 0.15) is 26.3 Å². The number of nitrogens with two attached hydrogens (primary N) is 1. The first-order valence-electron chi connectivity index (χ1n) is 8.22. The van der Waals surface area contributed by atoms with E-state index >= 15 is 0 Å². The van der Waals surface area contributed by atoms with Gasteiger partial charge in [-0.05, 0) is 36.9 Å². The van der Waals surface area contributed by atoms with Crippen LogP contribution in [0.25, 0.3) is 0 Å². The van der Waals surface area contributed by atoms with E-state index in [2.05, 4.69) is 0 Å². The van der Waals surface area contributed by atoms with Crippen LogP contribution in [0.5, 0.6) is 0 Å². The first kappa shape index (κ1) is 18.4. The zero-order valence-electron chi connectivity index (χ0n) is 14.4. The summed E-state index contributed by atoms with van der Waals surface area (Å²) in [7, 11) is 1.92. The maximum atomic E-state index is 13.2. The Morgan fingerprint density at radius 2 is 2.00 bits per heavy atom. The second-order valence-electron chi connectivity index (χ2n) is 6.35. The molecule has 0 fully saturated rings. The van der Waals surface area contributed by atoms with Gasteiger partial charge in [-0.25, -0.2) is 0 Å². The molecule has 6 nitrogen and oxygen atoms in total. The first-order valence-corrected chi connectivity index (χ1v) is 8.60. The number of likely N-dealkylation sites (N-methyl/N-ethyl adjacent to an activating group) is 1. The van der Waals surface area contributed by atoms with Gasteiger partial charge in [-0.2, -0.15) is 0 Å². The molecule has 0 aromatic heterocycles. The Balaban J connectivity index is 2.03. The van der Waals surface area contributed by atoms with Gasteiger partial charge in [-0.3, -0.25) is 14.5 Å². The van der Waals surface area contributed by atoms with E-state index in [1.807, 2.05) is 36.2 Å². The minimum Gasteiger partial charge on any atom is -0.395 e. The monoisotopic (exact) mass is 373 g/mol. The average Bonchev–Trinajstić information content (AvgIpc) is 2.76. The number of para-hydroxylation sites is 1. The average molecular weight is 374 g/mol. The van der Waals surface area contributed by atoms with Gasteiger partial charge in [0.25, 0.3) is 5.91 Å². The van der Waals surface area contributed by atoms with Crippen LogP contribution in [-0.2, 0) is 6.54 Å². The molecule has 1 aliphatic rings. The Kier molecular flexibility index (Phi) is 5.27. The summed E-state index contributed by atoms with van der Waals surface area (Å²) in [5.41, 5.74) is 7.57. The largest absolute Gasteiger partial charge is 0.395 e. The second-order valence-corrected chi connectivity index (χ2v) is 6.76. The molecule has 1 atom stereocenters. The number of benzene rings is 2. The summed E-state index contributed by atoms with van der Waals surface area (Å²) in [4.78, 5) is 28.2. The molecular formula is C19H20ClN3O3. The highest BCUT2D eigenvalue weighted by molar-refractivity contribution is 6.35. The third-order valence-electron chi connectivity index (χ3n) is 4.66. The quantitative estimate of drug-likeness (QED) is 0.860. The lowest BCUT2D eigenvalue weighted by molar-refractivity contribution is 0.0963. The van der Waals surface area contributed by atoms with Crippen molar-refractivity contribution in [3.63, 3.8) is 0 Å². The Hall–Kier alpha value is -2.41. The fourth-order valence-corrected chi connectivity index (χ4v) is 3.39. The van der Waals surface area contributed by atoms with Gasteiger partial charge in [0, 0.05) is 24.3 Å². The van der Waals surface area contributed by atoms with Crippen LogP contribution >= 0.6 is 11.6 Å². The highest BCUT2D eigenvalue weighted by atomic mass is 35.5. The standard InChI is InChI=1S/C19H20ClN3O3/c1-22-9-13-4-2-3-5-17(13)23(10-14(22)11-24)19(26)15-7-6-12(18(21)25)8-16(15)20/h2-8,14,24H,9-11H2,1H3,(H2,21,25). The first-order chi connectivity index (χ1) is 12.4. The number of halogens is 1. The van der Waals surface area contributed by atoms with Crippen molar-refractivity contribution in [2.75, 3.05) is 25.1 Å². The molecule has 0 aliphatic carbocycles. The molecule has 2 amide bonds. The Morgan fingerprint density at radius 3 is 2.65 bits per heavy atom. The lowest BCUT2D eigenvalue weighted by Crippen LogP contribution is -2.44. The van der Waals surface area contributed by atoms with Crippen molar-refractivity contribution >= 4 is 29.1 Å². The summed E-state index contributed by atoms with van der Waals surface area (Å²) in [5.74, 6) is -0.889. The number of hydrogen-bond acceptors (Lipinski definition) is 4. The predicted octanol–water partition coefficient (Wildman–Crippen LogP) is 1.89. The van der Waals surface area contributed by atoms with Crippen molar-refractivity contribution in [3.05, 3.63) is 64.2 Å². The number of anilines is 1. The number of amides is 2. The molecule has 3 N–H and O–H groups in total.